The number of phosphoric acid groups is 3. The Morgan fingerprint density at radius 1 is 1.21 bits per heavy atom. The van der Waals surface area contributed by atoms with Gasteiger partial charge >= 0.3 is 23.5 Å². The number of fused-ring (bicyclic) bond motifs is 1. The third-order valence-electron chi connectivity index (χ3n) is 4.09. The van der Waals surface area contributed by atoms with Crippen molar-refractivity contribution in [2.45, 2.75) is 23.3 Å². The van der Waals surface area contributed by atoms with Crippen molar-refractivity contribution < 1.29 is 56.3 Å². The molecule has 1 aliphatic heterocycles. The topological polar surface area (TPSA) is 259 Å². The first-order valence-electron chi connectivity index (χ1n) is 8.45. The molecule has 1 fully saturated rings. The predicted molar refractivity (Wildman–Crippen MR) is 112 cm³/mol. The van der Waals surface area contributed by atoms with Gasteiger partial charge in [0.15, 0.2) is 16.7 Å². The Balaban J connectivity index is 1.83. The monoisotopic (exact) mass is 583 g/mol. The zero-order valence-electron chi connectivity index (χ0n) is 16.2. The van der Waals surface area contributed by atoms with Crippen LogP contribution in [-0.2, 0) is 31.6 Å². The van der Waals surface area contributed by atoms with E-state index >= 15 is 0 Å². The number of nitrogens with two attached hydrogens (primary N) is 1. The molecule has 0 aromatic carbocycles. The van der Waals surface area contributed by atoms with Gasteiger partial charge in [0, 0.05) is 5.38 Å². The number of hydrogen-bond acceptors (Lipinski definition) is 12. The molecule has 2 aromatic heterocycles. The van der Waals surface area contributed by atoms with Crippen molar-refractivity contribution in [3.63, 3.8) is 0 Å². The maximum atomic E-state index is 12.0. The fraction of sp³-hybridized carbons (Fsp3) is 0.417. The summed E-state index contributed by atoms with van der Waals surface area (Å²) in [5.41, 5.74) is 5.98. The maximum Gasteiger partial charge on any atom is 0.490 e. The van der Waals surface area contributed by atoms with Crippen molar-refractivity contribution in [3.05, 3.63) is 12.5 Å². The Morgan fingerprint density at radius 3 is 2.50 bits per heavy atom. The zero-order valence-corrected chi connectivity index (χ0v) is 20.3. The number of nitrogens with zero attached hydrogens (tertiary/aromatic N) is 4. The van der Waals surface area contributed by atoms with Gasteiger partial charge in [0.25, 0.3) is 0 Å². The molecule has 0 radical (unpaired) electrons. The molecule has 7 N–H and O–H groups in total. The van der Waals surface area contributed by atoms with Crippen LogP contribution in [-0.4, -0.2) is 67.9 Å². The highest BCUT2D eigenvalue weighted by Gasteiger charge is 2.57. The molecule has 0 amide bonds. The number of halogens is 2. The van der Waals surface area contributed by atoms with Crippen LogP contribution in [0.15, 0.2) is 12.5 Å². The number of aromatic nitrogens is 4. The molecule has 188 valence electrons. The standard InChI is InChI=1S/C12H14Cl2N5O12P3/c13-2-1-12(14)8(20)7(4-28-33(24,25)31-34(26,27)30-32(21,22)23)29-10(12)19-5-17-6-3-16-11(15)18-9(6)19/h3,5,7-8,10,20H,4H2,(H,24,25)(H,26,27)(H2,15,16,18)(H2,21,22,23)/t7-,8?,10-,12-/m1/s1. The quantitative estimate of drug-likeness (QED) is 0.137. The average molecular weight is 584 g/mol. The van der Waals surface area contributed by atoms with Crippen LogP contribution in [0.4, 0.5) is 5.95 Å². The maximum absolute atomic E-state index is 12.0. The molecule has 3 unspecified atom stereocenters. The van der Waals surface area contributed by atoms with Crippen molar-refractivity contribution in [1.82, 2.24) is 19.5 Å². The second-order valence-corrected chi connectivity index (χ2v) is 11.7. The van der Waals surface area contributed by atoms with Crippen LogP contribution in [0.2, 0.25) is 0 Å². The van der Waals surface area contributed by atoms with E-state index in [1.165, 1.54) is 17.1 Å². The van der Waals surface area contributed by atoms with Gasteiger partial charge in [0.2, 0.25) is 5.95 Å². The first kappa shape index (κ1) is 27.4. The Labute approximate surface area is 199 Å². The molecule has 6 atom stereocenters. The molecule has 22 heteroatoms. The third kappa shape index (κ3) is 6.14. The number of aliphatic hydroxyl groups is 1. The van der Waals surface area contributed by atoms with Gasteiger partial charge in [0.05, 0.1) is 19.1 Å². The summed E-state index contributed by atoms with van der Waals surface area (Å²) in [7, 11) is -16.8. The number of alkyl halides is 1. The van der Waals surface area contributed by atoms with Crippen molar-refractivity contribution in [1.29, 1.82) is 0 Å². The molecule has 3 heterocycles. The summed E-state index contributed by atoms with van der Waals surface area (Å²) in [4.78, 5) is 45.8. The highest BCUT2D eigenvalue weighted by Crippen LogP contribution is 2.66. The largest absolute Gasteiger partial charge is 0.490 e. The van der Waals surface area contributed by atoms with Gasteiger partial charge in [-0.05, 0) is 11.6 Å². The first-order chi connectivity index (χ1) is 15.6. The summed E-state index contributed by atoms with van der Waals surface area (Å²) >= 11 is 12.0. The lowest BCUT2D eigenvalue weighted by atomic mass is 9.99. The van der Waals surface area contributed by atoms with Crippen LogP contribution < -0.4 is 5.73 Å². The molecule has 34 heavy (non-hydrogen) atoms. The van der Waals surface area contributed by atoms with Gasteiger partial charge in [0.1, 0.15) is 17.7 Å². The summed E-state index contributed by atoms with van der Waals surface area (Å²) in [5, 5.41) is 12.7. The number of aliphatic hydroxyl groups excluding tert-OH is 1. The van der Waals surface area contributed by atoms with E-state index in [0.717, 1.165) is 0 Å². The second-order valence-electron chi connectivity index (χ2n) is 6.43. The minimum atomic E-state index is -5.74. The molecule has 0 bridgehead atoms. The van der Waals surface area contributed by atoms with Gasteiger partial charge in [-0.25, -0.2) is 23.7 Å². The number of hydrogen-bond donors (Lipinski definition) is 6. The van der Waals surface area contributed by atoms with Gasteiger partial charge in [-0.2, -0.15) is 13.6 Å². The average Bonchev–Trinajstić information content (AvgIpc) is 3.17. The number of anilines is 1. The van der Waals surface area contributed by atoms with E-state index in [-0.39, 0.29) is 17.1 Å². The fourth-order valence-corrected chi connectivity index (χ4v) is 6.42. The highest BCUT2D eigenvalue weighted by molar-refractivity contribution is 7.66. The van der Waals surface area contributed by atoms with E-state index in [4.69, 9.17) is 43.5 Å². The number of rotatable bonds is 8. The van der Waals surface area contributed by atoms with Crippen LogP contribution in [0.25, 0.3) is 11.2 Å². The van der Waals surface area contributed by atoms with E-state index in [1.54, 1.807) is 0 Å². The van der Waals surface area contributed by atoms with Crippen LogP contribution in [0.3, 0.4) is 0 Å². The molecule has 0 saturated carbocycles. The molecular weight excluding hydrogens is 570 g/mol. The predicted octanol–water partition coefficient (Wildman–Crippen LogP) is 0.187. The molecule has 17 nitrogen and oxygen atoms in total. The fourth-order valence-electron chi connectivity index (χ4n) is 2.84. The van der Waals surface area contributed by atoms with Crippen molar-refractivity contribution in [2.24, 2.45) is 0 Å². The molecule has 2 aromatic rings. The lowest BCUT2D eigenvalue weighted by Crippen LogP contribution is -2.41. The van der Waals surface area contributed by atoms with Crippen LogP contribution in [0.1, 0.15) is 6.23 Å². The van der Waals surface area contributed by atoms with Crippen molar-refractivity contribution in [2.75, 3.05) is 12.3 Å². The lowest BCUT2D eigenvalue weighted by Gasteiger charge is -2.25. The summed E-state index contributed by atoms with van der Waals surface area (Å²) in [6.07, 6.45) is -2.14. The van der Waals surface area contributed by atoms with E-state index < -0.39 is 53.4 Å². The SMILES string of the molecule is Nc1ncc2ncn([C@@H]3O[C@H](COP(=O)(O)OP(=O)(O)OP(=O)(O)O)C(O)[C@]3(Cl)C#CCl)c2n1. The normalized spacial score (nSPS) is 28.7. The summed E-state index contributed by atoms with van der Waals surface area (Å²) in [5.74, 6) is 2.23. The van der Waals surface area contributed by atoms with Gasteiger partial charge in [-0.1, -0.05) is 17.5 Å². The second kappa shape index (κ2) is 9.70. The van der Waals surface area contributed by atoms with E-state index in [1.807, 2.05) is 5.38 Å². The Bertz CT molecular complexity index is 1290. The van der Waals surface area contributed by atoms with Gasteiger partial charge < -0.3 is 35.2 Å². The molecule has 0 aliphatic carbocycles. The Morgan fingerprint density at radius 2 is 1.88 bits per heavy atom. The molecule has 1 aliphatic rings. The zero-order chi connectivity index (χ0) is 25.5. The number of ether oxygens (including phenoxy) is 1. The third-order valence-corrected chi connectivity index (χ3v) is 8.49. The van der Waals surface area contributed by atoms with Crippen molar-refractivity contribution in [3.8, 4) is 11.3 Å². The lowest BCUT2D eigenvalue weighted by molar-refractivity contribution is -0.0428. The molecule has 3 rings (SSSR count). The van der Waals surface area contributed by atoms with Crippen LogP contribution in [0, 0.1) is 11.3 Å². The minimum Gasteiger partial charge on any atom is -0.387 e. The smallest absolute Gasteiger partial charge is 0.387 e. The van der Waals surface area contributed by atoms with Crippen molar-refractivity contribution >= 4 is 63.8 Å². The number of phosphoric ester groups is 1. The number of nitrogen functional groups attached to an aromatic ring is 1. The Kier molecular flexibility index (Phi) is 7.82. The first-order valence-corrected chi connectivity index (χ1v) is 13.7. The summed E-state index contributed by atoms with van der Waals surface area (Å²) < 4.78 is 52.7. The minimum absolute atomic E-state index is 0.124. The Hall–Kier alpha value is -1.18. The number of imidazole rings is 1. The van der Waals surface area contributed by atoms with E-state index in [9.17, 15) is 28.6 Å². The van der Waals surface area contributed by atoms with E-state index in [2.05, 4.69) is 34.0 Å². The van der Waals surface area contributed by atoms with Crippen LogP contribution in [0.5, 0.6) is 0 Å². The highest BCUT2D eigenvalue weighted by atomic mass is 35.5. The van der Waals surface area contributed by atoms with Crippen LogP contribution >= 0.6 is 46.7 Å². The van der Waals surface area contributed by atoms with Gasteiger partial charge in [-0.15, -0.1) is 0 Å². The van der Waals surface area contributed by atoms with Gasteiger partial charge in [-0.3, -0.25) is 9.09 Å². The molecule has 1 saturated heterocycles. The molecule has 0 spiro atoms. The molecular formula is C12H14Cl2N5O12P3. The summed E-state index contributed by atoms with van der Waals surface area (Å²) in [6, 6.07) is 0. The van der Waals surface area contributed by atoms with E-state index in [0.29, 0.717) is 0 Å². The summed E-state index contributed by atoms with van der Waals surface area (Å²) in [6.45, 7) is -0.996.